The van der Waals surface area contributed by atoms with Crippen molar-refractivity contribution in [1.82, 2.24) is 5.43 Å². The predicted molar refractivity (Wildman–Crippen MR) is 57.8 cm³/mol. The van der Waals surface area contributed by atoms with Crippen molar-refractivity contribution >= 4 is 22.7 Å². The Hall–Kier alpha value is -0.680. The van der Waals surface area contributed by atoms with Crippen molar-refractivity contribution in [1.29, 1.82) is 0 Å². The number of hydrazine groups is 1. The lowest BCUT2D eigenvalue weighted by molar-refractivity contribution is 0.648. The molecule has 0 amide bonds. The number of hydrogen-bond acceptors (Lipinski definition) is 4. The van der Waals surface area contributed by atoms with Crippen LogP contribution in [0.2, 0.25) is 0 Å². The summed E-state index contributed by atoms with van der Waals surface area (Å²) in [4.78, 5) is 1.25. The third-order valence-corrected chi connectivity index (χ3v) is 3.51. The van der Waals surface area contributed by atoms with Gasteiger partial charge in [-0.3, -0.25) is 5.84 Å². The summed E-state index contributed by atoms with van der Waals surface area (Å²) in [5.74, 6) is 5.52. The second kappa shape index (κ2) is 4.02. The molecular formula is C9H10N2S2. The van der Waals surface area contributed by atoms with Crippen LogP contribution in [0.4, 0.5) is 0 Å². The fourth-order valence-electron chi connectivity index (χ4n) is 1.24. The molecule has 0 saturated carbocycles. The van der Waals surface area contributed by atoms with Crippen molar-refractivity contribution in [3.63, 3.8) is 0 Å². The fourth-order valence-corrected chi connectivity index (χ4v) is 2.74. The maximum absolute atomic E-state index is 5.52. The van der Waals surface area contributed by atoms with Gasteiger partial charge in [0.15, 0.2) is 0 Å². The number of nitrogens with two attached hydrogens (primary N) is 1. The normalized spacial score (nSPS) is 13.0. The van der Waals surface area contributed by atoms with Crippen LogP contribution in [0, 0.1) is 0 Å². The molecule has 3 N–H and O–H groups in total. The first-order chi connectivity index (χ1) is 6.42. The van der Waals surface area contributed by atoms with E-state index in [1.165, 1.54) is 10.4 Å². The summed E-state index contributed by atoms with van der Waals surface area (Å²) in [5.41, 5.74) is 4.06. The zero-order valence-electron chi connectivity index (χ0n) is 6.94. The van der Waals surface area contributed by atoms with Gasteiger partial charge in [-0.05, 0) is 33.8 Å². The van der Waals surface area contributed by atoms with Crippen molar-refractivity contribution in [3.8, 4) is 0 Å². The molecule has 0 spiro atoms. The highest BCUT2D eigenvalue weighted by molar-refractivity contribution is 7.10. The molecule has 2 nitrogen and oxygen atoms in total. The van der Waals surface area contributed by atoms with E-state index in [9.17, 15) is 0 Å². The van der Waals surface area contributed by atoms with Gasteiger partial charge in [0, 0.05) is 4.88 Å². The Bertz CT molecular complexity index is 305. The third kappa shape index (κ3) is 1.81. The summed E-state index contributed by atoms with van der Waals surface area (Å²) in [6, 6.07) is 6.37. The van der Waals surface area contributed by atoms with Gasteiger partial charge < -0.3 is 0 Å². The quantitative estimate of drug-likeness (QED) is 0.603. The van der Waals surface area contributed by atoms with Crippen LogP contribution in [0.1, 0.15) is 16.5 Å². The Morgan fingerprint density at radius 3 is 2.77 bits per heavy atom. The number of nitrogens with one attached hydrogen (secondary N) is 1. The molecule has 4 heteroatoms. The minimum Gasteiger partial charge on any atom is -0.271 e. The van der Waals surface area contributed by atoms with E-state index < -0.39 is 0 Å². The van der Waals surface area contributed by atoms with E-state index in [1.807, 2.05) is 6.07 Å². The van der Waals surface area contributed by atoms with Crippen LogP contribution >= 0.6 is 22.7 Å². The molecule has 0 aromatic carbocycles. The van der Waals surface area contributed by atoms with Crippen LogP contribution in [0.5, 0.6) is 0 Å². The molecular weight excluding hydrogens is 200 g/mol. The van der Waals surface area contributed by atoms with Crippen LogP contribution < -0.4 is 11.3 Å². The first kappa shape index (κ1) is 8.90. The van der Waals surface area contributed by atoms with Crippen LogP contribution in [0.3, 0.4) is 0 Å². The molecule has 2 aromatic rings. The molecule has 1 unspecified atom stereocenters. The maximum Gasteiger partial charge on any atom is 0.0810 e. The third-order valence-electron chi connectivity index (χ3n) is 1.87. The molecule has 0 aliphatic carbocycles. The maximum atomic E-state index is 5.52. The van der Waals surface area contributed by atoms with Gasteiger partial charge in [-0.2, -0.15) is 11.3 Å². The summed E-state index contributed by atoms with van der Waals surface area (Å²) in [6.07, 6.45) is 0. The number of thiophene rings is 2. The average molecular weight is 210 g/mol. The Morgan fingerprint density at radius 1 is 1.31 bits per heavy atom. The van der Waals surface area contributed by atoms with E-state index in [1.54, 1.807) is 22.7 Å². The molecule has 0 aliphatic heterocycles. The van der Waals surface area contributed by atoms with E-state index in [0.29, 0.717) is 0 Å². The van der Waals surface area contributed by atoms with E-state index in [4.69, 9.17) is 5.84 Å². The molecule has 1 atom stereocenters. The first-order valence-corrected chi connectivity index (χ1v) is 5.75. The highest BCUT2D eigenvalue weighted by atomic mass is 32.1. The zero-order chi connectivity index (χ0) is 9.10. The summed E-state index contributed by atoms with van der Waals surface area (Å²) < 4.78 is 0. The van der Waals surface area contributed by atoms with Gasteiger partial charge in [-0.1, -0.05) is 6.07 Å². The second-order valence-corrected chi connectivity index (χ2v) is 4.43. The molecule has 2 aromatic heterocycles. The number of rotatable bonds is 3. The lowest BCUT2D eigenvalue weighted by Gasteiger charge is -2.11. The highest BCUT2D eigenvalue weighted by Gasteiger charge is 2.12. The fraction of sp³-hybridized carbons (Fsp3) is 0.111. The highest BCUT2D eigenvalue weighted by Crippen LogP contribution is 2.26. The van der Waals surface area contributed by atoms with Crippen LogP contribution in [0.15, 0.2) is 34.3 Å². The van der Waals surface area contributed by atoms with Gasteiger partial charge in [0.2, 0.25) is 0 Å². The Kier molecular flexibility index (Phi) is 2.75. The molecule has 0 radical (unpaired) electrons. The SMILES string of the molecule is NNC(c1ccsc1)c1cccs1. The standard InChI is InChI=1S/C9H10N2S2/c10-11-9(7-3-5-12-6-7)8-2-1-4-13-8/h1-6,9,11H,10H2. The molecule has 2 heterocycles. The van der Waals surface area contributed by atoms with Crippen molar-refractivity contribution in [3.05, 3.63) is 44.8 Å². The molecule has 68 valence electrons. The average Bonchev–Trinajstić information content (AvgIpc) is 2.76. The van der Waals surface area contributed by atoms with Gasteiger partial charge in [-0.25, -0.2) is 5.43 Å². The lowest BCUT2D eigenvalue weighted by atomic mass is 10.1. The summed E-state index contributed by atoms with van der Waals surface area (Å²) in [5, 5.41) is 6.24. The smallest absolute Gasteiger partial charge is 0.0810 e. The minimum absolute atomic E-state index is 0.145. The minimum atomic E-state index is 0.145. The largest absolute Gasteiger partial charge is 0.271 e. The van der Waals surface area contributed by atoms with Crippen LogP contribution in [-0.4, -0.2) is 0 Å². The van der Waals surface area contributed by atoms with Gasteiger partial charge in [0.1, 0.15) is 0 Å². The summed E-state index contributed by atoms with van der Waals surface area (Å²) in [6.45, 7) is 0. The molecule has 0 aliphatic rings. The zero-order valence-corrected chi connectivity index (χ0v) is 8.57. The van der Waals surface area contributed by atoms with Crippen molar-refractivity contribution < 1.29 is 0 Å². The van der Waals surface area contributed by atoms with Gasteiger partial charge in [0.05, 0.1) is 6.04 Å². The Balaban J connectivity index is 2.29. The van der Waals surface area contributed by atoms with E-state index in [2.05, 4.69) is 33.7 Å². The topological polar surface area (TPSA) is 38.0 Å². The molecule has 13 heavy (non-hydrogen) atoms. The summed E-state index contributed by atoms with van der Waals surface area (Å²) >= 11 is 3.41. The van der Waals surface area contributed by atoms with Crippen molar-refractivity contribution in [2.75, 3.05) is 0 Å². The van der Waals surface area contributed by atoms with Crippen molar-refractivity contribution in [2.24, 2.45) is 5.84 Å². The van der Waals surface area contributed by atoms with Crippen LogP contribution in [0.25, 0.3) is 0 Å². The number of hydrogen-bond donors (Lipinski definition) is 2. The van der Waals surface area contributed by atoms with E-state index >= 15 is 0 Å². The second-order valence-electron chi connectivity index (χ2n) is 2.67. The van der Waals surface area contributed by atoms with Gasteiger partial charge in [0.25, 0.3) is 0 Å². The van der Waals surface area contributed by atoms with Gasteiger partial charge >= 0.3 is 0 Å². The molecule has 0 fully saturated rings. The summed E-state index contributed by atoms with van der Waals surface area (Å²) in [7, 11) is 0. The van der Waals surface area contributed by atoms with E-state index in [0.717, 1.165) is 0 Å². The van der Waals surface area contributed by atoms with Gasteiger partial charge in [-0.15, -0.1) is 11.3 Å². The predicted octanol–water partition coefficient (Wildman–Crippen LogP) is 2.36. The lowest BCUT2D eigenvalue weighted by Crippen LogP contribution is -2.27. The monoisotopic (exact) mass is 210 g/mol. The Morgan fingerprint density at radius 2 is 2.23 bits per heavy atom. The molecule has 0 bridgehead atoms. The van der Waals surface area contributed by atoms with Crippen LogP contribution in [-0.2, 0) is 0 Å². The van der Waals surface area contributed by atoms with Crippen molar-refractivity contribution in [2.45, 2.75) is 6.04 Å². The Labute approximate surface area is 85.0 Å². The first-order valence-electron chi connectivity index (χ1n) is 3.93. The molecule has 2 rings (SSSR count). The van der Waals surface area contributed by atoms with E-state index in [-0.39, 0.29) is 6.04 Å². The molecule has 0 saturated heterocycles.